The first-order valence-electron chi connectivity index (χ1n) is 14.6. The fourth-order valence-electron chi connectivity index (χ4n) is 5.49. The number of anilines is 1. The summed E-state index contributed by atoms with van der Waals surface area (Å²) in [5.41, 5.74) is -0.119. The van der Waals surface area contributed by atoms with E-state index < -0.39 is 11.7 Å². The van der Waals surface area contributed by atoms with Crippen LogP contribution < -0.4 is 5.32 Å². The maximum absolute atomic E-state index is 14.2. The molecule has 1 saturated heterocycles. The molecule has 1 fully saturated rings. The van der Waals surface area contributed by atoms with E-state index in [1.165, 1.54) is 51.4 Å². The van der Waals surface area contributed by atoms with Crippen LogP contribution >= 0.6 is 0 Å². The van der Waals surface area contributed by atoms with Gasteiger partial charge in [-0.05, 0) is 25.7 Å². The maximum atomic E-state index is 14.2. The molecule has 1 aromatic rings. The van der Waals surface area contributed by atoms with Crippen LogP contribution in [0.3, 0.4) is 0 Å². The number of carbonyl (C=O) groups is 1. The summed E-state index contributed by atoms with van der Waals surface area (Å²) in [7, 11) is 0. The van der Waals surface area contributed by atoms with Crippen molar-refractivity contribution in [3.8, 4) is 12.3 Å². The highest BCUT2D eigenvalue weighted by molar-refractivity contribution is 5.93. The number of terminal acetylenes is 1. The molecule has 38 heavy (non-hydrogen) atoms. The fraction of sp³-hybridized carbons (Fsp3) is 0.733. The summed E-state index contributed by atoms with van der Waals surface area (Å²) in [6.07, 6.45) is 21.9. The first-order valence-corrected chi connectivity index (χ1v) is 14.6. The smallest absolute Gasteiger partial charge is 0.310 e. The van der Waals surface area contributed by atoms with Crippen molar-refractivity contribution < 1.29 is 19.0 Å². The van der Waals surface area contributed by atoms with Gasteiger partial charge in [-0.25, -0.2) is 4.98 Å². The standard InChI is InChI=1S/C30H45FN4O3/c1-4-6-7-8-9-10-11-12-13-14-15-16-26(37)34-28-27-24(33-29(31)35-28)18-17-23(20-32-27)25-19-22(3)30(5-2,21-36)38-25/h2,20,22-23,25,36H,4,6-19,21H2,1,3H3,(H,33,34,35,37)/t22-,23?,25+,30+/m0/s1. The Morgan fingerprint density at radius 3 is 2.42 bits per heavy atom. The number of aliphatic hydroxyl groups is 1. The Morgan fingerprint density at radius 2 is 1.82 bits per heavy atom. The Bertz CT molecular complexity index is 979. The first-order chi connectivity index (χ1) is 18.4. The largest absolute Gasteiger partial charge is 0.392 e. The average molecular weight is 529 g/mol. The lowest BCUT2D eigenvalue weighted by molar-refractivity contribution is -0.116. The molecule has 0 radical (unpaired) electrons. The number of amides is 1. The molecule has 2 aliphatic heterocycles. The van der Waals surface area contributed by atoms with Gasteiger partial charge in [0.1, 0.15) is 5.69 Å². The third kappa shape index (κ3) is 8.31. The molecule has 0 aliphatic carbocycles. The number of aliphatic imine (C=N–C) groups is 1. The molecule has 3 heterocycles. The van der Waals surface area contributed by atoms with Crippen molar-refractivity contribution >= 4 is 23.6 Å². The zero-order valence-electron chi connectivity index (χ0n) is 23.2. The van der Waals surface area contributed by atoms with E-state index in [0.29, 0.717) is 37.1 Å². The lowest BCUT2D eigenvalue weighted by Gasteiger charge is -2.26. The summed E-state index contributed by atoms with van der Waals surface area (Å²) >= 11 is 0. The monoisotopic (exact) mass is 528 g/mol. The molecule has 1 aromatic heterocycles. The Kier molecular flexibility index (Phi) is 12.1. The van der Waals surface area contributed by atoms with Crippen LogP contribution in [0, 0.1) is 30.3 Å². The Hall–Kier alpha value is -2.37. The highest BCUT2D eigenvalue weighted by Crippen LogP contribution is 2.40. The third-order valence-corrected chi connectivity index (χ3v) is 8.00. The highest BCUT2D eigenvalue weighted by atomic mass is 19.1. The number of aromatic nitrogens is 2. The molecule has 3 rings (SSSR count). The van der Waals surface area contributed by atoms with Crippen LogP contribution in [0.1, 0.15) is 109 Å². The van der Waals surface area contributed by atoms with Gasteiger partial charge in [-0.1, -0.05) is 84.0 Å². The minimum Gasteiger partial charge on any atom is -0.392 e. The molecule has 2 N–H and O–H groups in total. The van der Waals surface area contributed by atoms with Crippen molar-refractivity contribution in [3.63, 3.8) is 0 Å². The number of unbranched alkanes of at least 4 members (excludes halogenated alkanes) is 10. The van der Waals surface area contributed by atoms with Crippen molar-refractivity contribution in [2.24, 2.45) is 16.8 Å². The second-order valence-corrected chi connectivity index (χ2v) is 10.9. The molecule has 7 nitrogen and oxygen atoms in total. The number of fused-ring (bicyclic) bond motifs is 1. The Labute approximate surface area is 227 Å². The normalized spacial score (nSPS) is 24.6. The molecule has 2 aliphatic rings. The second kappa shape index (κ2) is 15.3. The van der Waals surface area contributed by atoms with Crippen molar-refractivity contribution in [2.45, 2.75) is 122 Å². The summed E-state index contributed by atoms with van der Waals surface area (Å²) in [5, 5.41) is 12.6. The van der Waals surface area contributed by atoms with E-state index in [0.717, 1.165) is 19.3 Å². The molecule has 1 unspecified atom stereocenters. The first kappa shape index (κ1) is 30.2. The van der Waals surface area contributed by atoms with Gasteiger partial charge in [0.05, 0.1) is 18.4 Å². The van der Waals surface area contributed by atoms with Crippen LogP contribution in [-0.4, -0.2) is 45.5 Å². The average Bonchev–Trinajstić information content (AvgIpc) is 3.09. The van der Waals surface area contributed by atoms with E-state index in [2.05, 4.69) is 33.1 Å². The van der Waals surface area contributed by atoms with Crippen molar-refractivity contribution in [2.75, 3.05) is 11.9 Å². The highest BCUT2D eigenvalue weighted by Gasteiger charge is 2.47. The quantitative estimate of drug-likeness (QED) is 0.158. The number of halogens is 1. The molecule has 1 amide bonds. The molecule has 0 aromatic carbocycles. The number of ether oxygens (including phenoxy) is 1. The molecule has 0 spiro atoms. The van der Waals surface area contributed by atoms with Crippen LogP contribution in [0.2, 0.25) is 0 Å². The van der Waals surface area contributed by atoms with Gasteiger partial charge in [0.25, 0.3) is 0 Å². The number of hydrogen-bond donors (Lipinski definition) is 2. The summed E-state index contributed by atoms with van der Waals surface area (Å²) < 4.78 is 20.3. The fourth-order valence-corrected chi connectivity index (χ4v) is 5.49. The molecule has 0 bridgehead atoms. The van der Waals surface area contributed by atoms with Crippen molar-refractivity contribution in [1.29, 1.82) is 0 Å². The minimum atomic E-state index is -0.989. The van der Waals surface area contributed by atoms with Crippen LogP contribution in [0.25, 0.3) is 0 Å². The summed E-state index contributed by atoms with van der Waals surface area (Å²) in [6, 6.07) is 0. The molecule has 8 heteroatoms. The van der Waals surface area contributed by atoms with Crippen LogP contribution in [0.15, 0.2) is 4.99 Å². The van der Waals surface area contributed by atoms with E-state index in [9.17, 15) is 14.3 Å². The van der Waals surface area contributed by atoms with E-state index in [1.54, 1.807) is 6.21 Å². The second-order valence-electron chi connectivity index (χ2n) is 10.9. The van der Waals surface area contributed by atoms with E-state index >= 15 is 0 Å². The minimum absolute atomic E-state index is 0.00385. The maximum Gasteiger partial charge on any atom is 0.310 e. The Balaban J connectivity index is 1.47. The van der Waals surface area contributed by atoms with Gasteiger partial charge in [-0.15, -0.1) is 6.42 Å². The van der Waals surface area contributed by atoms with Gasteiger partial charge in [0.15, 0.2) is 11.4 Å². The summed E-state index contributed by atoms with van der Waals surface area (Å²) in [4.78, 5) is 25.0. The van der Waals surface area contributed by atoms with E-state index in [4.69, 9.17) is 11.2 Å². The number of carbonyl (C=O) groups excluding carboxylic acids is 1. The van der Waals surface area contributed by atoms with Gasteiger partial charge < -0.3 is 15.2 Å². The molecule has 4 atom stereocenters. The summed E-state index contributed by atoms with van der Waals surface area (Å²) in [6.45, 7) is 3.97. The van der Waals surface area contributed by atoms with Crippen molar-refractivity contribution in [1.82, 2.24) is 9.97 Å². The van der Waals surface area contributed by atoms with Gasteiger partial charge in [-0.2, -0.15) is 9.37 Å². The number of nitrogens with zero attached hydrogens (tertiary/aromatic N) is 3. The summed E-state index contributed by atoms with van der Waals surface area (Å²) in [5.74, 6) is 2.48. The van der Waals surface area contributed by atoms with Gasteiger partial charge in [-0.3, -0.25) is 9.79 Å². The molecule has 0 saturated carbocycles. The van der Waals surface area contributed by atoms with Gasteiger partial charge in [0, 0.05) is 24.5 Å². The molecular formula is C30H45FN4O3. The SMILES string of the molecule is C#C[C@]1(CO)O[C@@H](C2C=Nc3c(nc(F)nc3NC(=O)CCCCCCCCCCCCC)CC2)C[C@@H]1C. The van der Waals surface area contributed by atoms with E-state index in [-0.39, 0.29) is 36.3 Å². The van der Waals surface area contributed by atoms with Crippen molar-refractivity contribution in [3.05, 3.63) is 11.8 Å². The topological polar surface area (TPSA) is 96.7 Å². The zero-order chi connectivity index (χ0) is 27.4. The van der Waals surface area contributed by atoms with Crippen LogP contribution in [0.5, 0.6) is 0 Å². The van der Waals surface area contributed by atoms with Gasteiger partial charge >= 0.3 is 6.08 Å². The third-order valence-electron chi connectivity index (χ3n) is 8.00. The number of aryl methyl sites for hydroxylation is 1. The number of hydrogen-bond acceptors (Lipinski definition) is 6. The predicted molar refractivity (Wildman–Crippen MR) is 149 cm³/mol. The number of aliphatic hydroxyl groups excluding tert-OH is 1. The lowest BCUT2D eigenvalue weighted by Crippen LogP contribution is -2.37. The number of rotatable bonds is 15. The Morgan fingerprint density at radius 1 is 1.16 bits per heavy atom. The van der Waals surface area contributed by atoms with E-state index in [1.807, 2.05) is 6.92 Å². The number of nitrogens with one attached hydrogen (secondary N) is 1. The van der Waals surface area contributed by atoms with Crippen LogP contribution in [0.4, 0.5) is 15.9 Å². The van der Waals surface area contributed by atoms with Gasteiger partial charge in [0.2, 0.25) is 5.91 Å². The zero-order valence-corrected chi connectivity index (χ0v) is 23.2. The molecular weight excluding hydrogens is 483 g/mol. The predicted octanol–water partition coefficient (Wildman–Crippen LogP) is 6.31. The lowest BCUT2D eigenvalue weighted by atomic mass is 9.87. The van der Waals surface area contributed by atoms with Crippen LogP contribution in [-0.2, 0) is 16.0 Å². The molecule has 210 valence electrons.